The fraction of sp³-hybridized carbons (Fsp3) is 0.0476. The first kappa shape index (κ1) is 15.1. The molecule has 0 aliphatic carbocycles. The first-order valence-electron chi connectivity index (χ1n) is 7.99. The van der Waals surface area contributed by atoms with Crippen molar-refractivity contribution in [2.24, 2.45) is 0 Å². The Labute approximate surface area is 143 Å². The number of benzene rings is 3. The molecule has 0 unspecified atom stereocenters. The van der Waals surface area contributed by atoms with Crippen LogP contribution in [-0.2, 0) is 11.2 Å². The summed E-state index contributed by atoms with van der Waals surface area (Å²) in [7, 11) is 0. The van der Waals surface area contributed by atoms with Crippen LogP contribution in [0.4, 0.5) is 5.69 Å². The molecule has 4 heteroatoms. The number of carbonyl (C=O) groups excluding carboxylic acids is 1. The lowest BCUT2D eigenvalue weighted by Crippen LogP contribution is -2.19. The van der Waals surface area contributed by atoms with Gasteiger partial charge in [-0.05, 0) is 35.0 Å². The molecule has 0 saturated heterocycles. The van der Waals surface area contributed by atoms with Crippen LogP contribution in [-0.4, -0.2) is 5.91 Å². The average Bonchev–Trinajstić information content (AvgIpc) is 2.62. The van der Waals surface area contributed by atoms with Gasteiger partial charge in [0.1, 0.15) is 5.58 Å². The van der Waals surface area contributed by atoms with Gasteiger partial charge in [0.2, 0.25) is 5.91 Å². The maximum Gasteiger partial charge on any atom is 0.339 e. The third-order valence-corrected chi connectivity index (χ3v) is 4.10. The predicted molar refractivity (Wildman–Crippen MR) is 98.8 cm³/mol. The van der Waals surface area contributed by atoms with E-state index >= 15 is 0 Å². The smallest absolute Gasteiger partial charge is 0.339 e. The zero-order valence-electron chi connectivity index (χ0n) is 13.4. The van der Waals surface area contributed by atoms with Gasteiger partial charge in [-0.1, -0.05) is 48.5 Å². The summed E-state index contributed by atoms with van der Waals surface area (Å²) >= 11 is 0. The van der Waals surface area contributed by atoms with E-state index in [4.69, 9.17) is 4.42 Å². The van der Waals surface area contributed by atoms with Gasteiger partial charge in [0, 0.05) is 16.6 Å². The molecular formula is C21H15NO3. The van der Waals surface area contributed by atoms with Crippen molar-refractivity contribution < 1.29 is 9.21 Å². The monoisotopic (exact) mass is 329 g/mol. The van der Waals surface area contributed by atoms with Crippen LogP contribution in [0, 0.1) is 0 Å². The predicted octanol–water partition coefficient (Wildman–Crippen LogP) is 4.13. The van der Waals surface area contributed by atoms with Gasteiger partial charge >= 0.3 is 5.63 Å². The Morgan fingerprint density at radius 3 is 2.40 bits per heavy atom. The molecule has 0 bridgehead atoms. The summed E-state index contributed by atoms with van der Waals surface area (Å²) in [6.07, 6.45) is -0.0278. The van der Waals surface area contributed by atoms with Gasteiger partial charge in [0.25, 0.3) is 0 Å². The number of rotatable bonds is 3. The molecule has 4 rings (SSSR count). The summed E-state index contributed by atoms with van der Waals surface area (Å²) < 4.78 is 5.27. The maximum absolute atomic E-state index is 12.3. The number of amides is 1. The summed E-state index contributed by atoms with van der Waals surface area (Å²) in [5.41, 5.74) is 1.09. The Kier molecular flexibility index (Phi) is 3.78. The first-order valence-corrected chi connectivity index (χ1v) is 7.99. The van der Waals surface area contributed by atoms with Gasteiger partial charge in [0.15, 0.2) is 0 Å². The van der Waals surface area contributed by atoms with E-state index in [2.05, 4.69) is 5.32 Å². The van der Waals surface area contributed by atoms with E-state index in [9.17, 15) is 9.59 Å². The van der Waals surface area contributed by atoms with Gasteiger partial charge in [-0.3, -0.25) is 4.79 Å². The highest BCUT2D eigenvalue weighted by Crippen LogP contribution is 2.19. The van der Waals surface area contributed by atoms with Crippen molar-refractivity contribution in [1.29, 1.82) is 0 Å². The Hall–Kier alpha value is -3.40. The van der Waals surface area contributed by atoms with E-state index in [0.717, 1.165) is 16.2 Å². The second kappa shape index (κ2) is 6.24. The van der Waals surface area contributed by atoms with E-state index < -0.39 is 5.63 Å². The molecule has 0 radical (unpaired) electrons. The lowest BCUT2D eigenvalue weighted by atomic mass is 10.1. The van der Waals surface area contributed by atoms with Crippen LogP contribution in [0.5, 0.6) is 0 Å². The second-order valence-electron chi connectivity index (χ2n) is 5.88. The van der Waals surface area contributed by atoms with E-state index in [-0.39, 0.29) is 12.3 Å². The zero-order valence-corrected chi connectivity index (χ0v) is 13.4. The lowest BCUT2D eigenvalue weighted by Gasteiger charge is -2.07. The zero-order chi connectivity index (χ0) is 17.2. The molecule has 0 aliphatic heterocycles. The second-order valence-corrected chi connectivity index (χ2v) is 5.88. The molecule has 4 nitrogen and oxygen atoms in total. The molecule has 25 heavy (non-hydrogen) atoms. The Morgan fingerprint density at radius 1 is 0.840 bits per heavy atom. The van der Waals surface area contributed by atoms with Crippen molar-refractivity contribution in [3.8, 4) is 0 Å². The fourth-order valence-corrected chi connectivity index (χ4v) is 2.87. The molecule has 4 aromatic rings. The van der Waals surface area contributed by atoms with Crippen LogP contribution in [0.25, 0.3) is 21.7 Å². The highest BCUT2D eigenvalue weighted by atomic mass is 16.4. The average molecular weight is 329 g/mol. The fourth-order valence-electron chi connectivity index (χ4n) is 2.87. The largest absolute Gasteiger partial charge is 0.423 e. The first-order chi connectivity index (χ1) is 12.2. The summed E-state index contributed by atoms with van der Waals surface area (Å²) in [6, 6.07) is 22.6. The van der Waals surface area contributed by atoms with E-state index in [1.54, 1.807) is 18.2 Å². The molecular weight excluding hydrogens is 314 g/mol. The van der Waals surface area contributed by atoms with Gasteiger partial charge in [0.05, 0.1) is 6.42 Å². The Bertz CT molecular complexity index is 1140. The third-order valence-electron chi connectivity index (χ3n) is 4.10. The molecule has 0 aliphatic rings. The van der Waals surface area contributed by atoms with Crippen molar-refractivity contribution in [2.45, 2.75) is 6.42 Å². The quantitative estimate of drug-likeness (QED) is 0.575. The van der Waals surface area contributed by atoms with Crippen LogP contribution in [0.3, 0.4) is 0 Å². The summed E-state index contributed by atoms with van der Waals surface area (Å²) in [6.45, 7) is 0. The summed E-state index contributed by atoms with van der Waals surface area (Å²) in [5.74, 6) is -0.252. The van der Waals surface area contributed by atoms with E-state index in [1.165, 1.54) is 0 Å². The molecule has 122 valence electrons. The van der Waals surface area contributed by atoms with Crippen molar-refractivity contribution in [1.82, 2.24) is 0 Å². The molecule has 0 fully saturated rings. The standard InChI is InChI=1S/C21H15NO3/c23-20(22-18-10-9-14-5-1-2-6-15(14)12-18)13-17-11-16-7-3-4-8-19(16)25-21(17)24/h1-12H,13H2,(H,22,23). The minimum Gasteiger partial charge on any atom is -0.423 e. The SMILES string of the molecule is O=C(Cc1cc2ccccc2oc1=O)Nc1ccc2ccccc2c1. The highest BCUT2D eigenvalue weighted by molar-refractivity contribution is 5.95. The van der Waals surface area contributed by atoms with Crippen LogP contribution in [0.15, 0.2) is 82.0 Å². The van der Waals surface area contributed by atoms with Crippen LogP contribution in [0.2, 0.25) is 0 Å². The summed E-state index contributed by atoms with van der Waals surface area (Å²) in [4.78, 5) is 24.4. The van der Waals surface area contributed by atoms with Gasteiger partial charge in [-0.15, -0.1) is 0 Å². The van der Waals surface area contributed by atoms with Crippen LogP contribution >= 0.6 is 0 Å². The maximum atomic E-state index is 12.3. The van der Waals surface area contributed by atoms with Gasteiger partial charge in [-0.2, -0.15) is 0 Å². The van der Waals surface area contributed by atoms with Crippen molar-refractivity contribution >= 4 is 33.3 Å². The highest BCUT2D eigenvalue weighted by Gasteiger charge is 2.10. The van der Waals surface area contributed by atoms with Crippen molar-refractivity contribution in [3.63, 3.8) is 0 Å². The van der Waals surface area contributed by atoms with Crippen LogP contribution in [0.1, 0.15) is 5.56 Å². The molecule has 1 heterocycles. The molecule has 0 atom stereocenters. The number of nitrogens with one attached hydrogen (secondary N) is 1. The Balaban J connectivity index is 1.57. The minimum absolute atomic E-state index is 0.0278. The molecule has 0 spiro atoms. The molecule has 1 aromatic heterocycles. The van der Waals surface area contributed by atoms with E-state index in [0.29, 0.717) is 16.8 Å². The number of fused-ring (bicyclic) bond motifs is 2. The Morgan fingerprint density at radius 2 is 1.56 bits per heavy atom. The third kappa shape index (κ3) is 3.15. The van der Waals surface area contributed by atoms with Crippen LogP contribution < -0.4 is 10.9 Å². The van der Waals surface area contributed by atoms with Crippen molar-refractivity contribution in [3.05, 3.63) is 88.8 Å². The number of hydrogen-bond acceptors (Lipinski definition) is 3. The molecule has 1 N–H and O–H groups in total. The molecule has 0 saturated carbocycles. The minimum atomic E-state index is -0.479. The van der Waals surface area contributed by atoms with Gasteiger partial charge < -0.3 is 9.73 Å². The number of hydrogen-bond donors (Lipinski definition) is 1. The summed E-state index contributed by atoms with van der Waals surface area (Å²) in [5, 5.41) is 5.79. The molecule has 1 amide bonds. The van der Waals surface area contributed by atoms with Crippen molar-refractivity contribution in [2.75, 3.05) is 5.32 Å². The molecule has 3 aromatic carbocycles. The number of anilines is 1. The lowest BCUT2D eigenvalue weighted by molar-refractivity contribution is -0.115. The van der Waals surface area contributed by atoms with E-state index in [1.807, 2.05) is 54.6 Å². The van der Waals surface area contributed by atoms with Gasteiger partial charge in [-0.25, -0.2) is 4.79 Å². The topological polar surface area (TPSA) is 59.3 Å². The number of para-hydroxylation sites is 1. The normalized spacial score (nSPS) is 10.9. The number of carbonyl (C=O) groups is 1.